The minimum absolute atomic E-state index is 0.0261. The maximum atomic E-state index is 14.0. The van der Waals surface area contributed by atoms with E-state index in [1.165, 1.54) is 0 Å². The number of hydrogen-bond acceptors (Lipinski definition) is 1. The molecule has 2 rings (SSSR count). The van der Waals surface area contributed by atoms with E-state index >= 15 is 0 Å². The molecule has 0 aliphatic carbocycles. The van der Waals surface area contributed by atoms with Crippen molar-refractivity contribution in [3.05, 3.63) is 35.9 Å². The summed E-state index contributed by atoms with van der Waals surface area (Å²) in [6, 6.07) is 9.54. The molecule has 1 saturated heterocycles. The van der Waals surface area contributed by atoms with Crippen molar-refractivity contribution in [2.75, 3.05) is 13.1 Å². The number of piperidine rings is 1. The summed E-state index contributed by atoms with van der Waals surface area (Å²) in [5.74, 6) is -2.95. The molecule has 1 N–H and O–H groups in total. The highest BCUT2D eigenvalue weighted by molar-refractivity contribution is 5.15. The van der Waals surface area contributed by atoms with Gasteiger partial charge >= 0.3 is 0 Å². The molecule has 0 unspecified atom stereocenters. The van der Waals surface area contributed by atoms with Gasteiger partial charge in [-0.05, 0) is 37.9 Å². The zero-order chi connectivity index (χ0) is 12.1. The van der Waals surface area contributed by atoms with Crippen molar-refractivity contribution in [1.29, 1.82) is 0 Å². The highest BCUT2D eigenvalue weighted by Gasteiger charge is 2.39. The Morgan fingerprint density at radius 2 is 1.76 bits per heavy atom. The number of hydrogen-bond donors (Lipinski definition) is 1. The minimum atomic E-state index is -2.52. The number of alkyl halides is 2. The molecule has 1 aromatic rings. The monoisotopic (exact) mass is 239 g/mol. The van der Waals surface area contributed by atoms with Gasteiger partial charge in [0, 0.05) is 12.3 Å². The molecule has 1 aliphatic heterocycles. The van der Waals surface area contributed by atoms with Gasteiger partial charge in [0.05, 0.1) is 0 Å². The molecule has 1 heterocycles. The van der Waals surface area contributed by atoms with Crippen molar-refractivity contribution in [2.45, 2.75) is 31.6 Å². The maximum absolute atomic E-state index is 14.0. The first-order chi connectivity index (χ1) is 8.18. The van der Waals surface area contributed by atoms with Crippen LogP contribution in [0.4, 0.5) is 8.78 Å². The number of aryl methyl sites for hydroxylation is 1. The molecule has 0 bridgehead atoms. The van der Waals surface area contributed by atoms with Crippen molar-refractivity contribution < 1.29 is 8.78 Å². The number of nitrogens with one attached hydrogen (secondary N) is 1. The van der Waals surface area contributed by atoms with Gasteiger partial charge in [0.1, 0.15) is 0 Å². The molecule has 0 atom stereocenters. The van der Waals surface area contributed by atoms with Crippen LogP contribution in [0.2, 0.25) is 0 Å². The maximum Gasteiger partial charge on any atom is 0.251 e. The Kier molecular flexibility index (Phi) is 4.11. The molecule has 0 saturated carbocycles. The first-order valence-corrected chi connectivity index (χ1v) is 6.31. The Balaban J connectivity index is 1.88. The van der Waals surface area contributed by atoms with Crippen LogP contribution in [0, 0.1) is 5.92 Å². The third-order valence-electron chi connectivity index (χ3n) is 3.53. The van der Waals surface area contributed by atoms with E-state index in [0.717, 1.165) is 18.7 Å². The van der Waals surface area contributed by atoms with Gasteiger partial charge in [-0.25, -0.2) is 8.78 Å². The third-order valence-corrected chi connectivity index (χ3v) is 3.53. The molecule has 1 fully saturated rings. The van der Waals surface area contributed by atoms with Gasteiger partial charge in [0.15, 0.2) is 0 Å². The van der Waals surface area contributed by atoms with Crippen molar-refractivity contribution in [3.63, 3.8) is 0 Å². The molecule has 0 amide bonds. The minimum Gasteiger partial charge on any atom is -0.317 e. The highest BCUT2D eigenvalue weighted by atomic mass is 19.3. The molecule has 17 heavy (non-hydrogen) atoms. The van der Waals surface area contributed by atoms with E-state index in [1.807, 2.05) is 30.3 Å². The van der Waals surface area contributed by atoms with Crippen molar-refractivity contribution in [1.82, 2.24) is 5.32 Å². The second-order valence-electron chi connectivity index (χ2n) is 4.77. The fourth-order valence-corrected chi connectivity index (χ4v) is 2.40. The largest absolute Gasteiger partial charge is 0.317 e. The van der Waals surface area contributed by atoms with Crippen LogP contribution in [0.25, 0.3) is 0 Å². The summed E-state index contributed by atoms with van der Waals surface area (Å²) < 4.78 is 27.9. The van der Waals surface area contributed by atoms with Crippen LogP contribution in [0.15, 0.2) is 30.3 Å². The van der Waals surface area contributed by atoms with E-state index in [1.54, 1.807) is 0 Å². The highest BCUT2D eigenvalue weighted by Crippen LogP contribution is 2.35. The predicted octanol–water partition coefficient (Wildman–Crippen LogP) is 3.25. The lowest BCUT2D eigenvalue weighted by atomic mass is 9.88. The summed E-state index contributed by atoms with van der Waals surface area (Å²) in [4.78, 5) is 0. The van der Waals surface area contributed by atoms with E-state index in [9.17, 15) is 8.78 Å². The molecule has 0 radical (unpaired) electrons. The van der Waals surface area contributed by atoms with Crippen LogP contribution in [0.5, 0.6) is 0 Å². The second-order valence-corrected chi connectivity index (χ2v) is 4.77. The lowest BCUT2D eigenvalue weighted by molar-refractivity contribution is -0.0746. The lowest BCUT2D eigenvalue weighted by Gasteiger charge is -2.30. The van der Waals surface area contributed by atoms with Gasteiger partial charge < -0.3 is 5.32 Å². The van der Waals surface area contributed by atoms with E-state index in [2.05, 4.69) is 5.32 Å². The Morgan fingerprint density at radius 1 is 1.12 bits per heavy atom. The Labute approximate surface area is 101 Å². The molecule has 3 heteroatoms. The van der Waals surface area contributed by atoms with Crippen LogP contribution in [0.3, 0.4) is 0 Å². The molecular formula is C14H19F2N. The fourth-order valence-electron chi connectivity index (χ4n) is 2.40. The average Bonchev–Trinajstić information content (AvgIpc) is 2.39. The van der Waals surface area contributed by atoms with E-state index < -0.39 is 11.8 Å². The van der Waals surface area contributed by atoms with Crippen LogP contribution >= 0.6 is 0 Å². The van der Waals surface area contributed by atoms with Gasteiger partial charge in [0.25, 0.3) is 5.92 Å². The van der Waals surface area contributed by atoms with Crippen LogP contribution in [0.1, 0.15) is 24.8 Å². The van der Waals surface area contributed by atoms with Gasteiger partial charge in [-0.2, -0.15) is 0 Å². The second kappa shape index (κ2) is 5.58. The molecule has 0 aromatic heterocycles. The van der Waals surface area contributed by atoms with Crippen LogP contribution in [-0.4, -0.2) is 19.0 Å². The quantitative estimate of drug-likeness (QED) is 0.850. The number of halogens is 2. The van der Waals surface area contributed by atoms with Gasteiger partial charge in [-0.3, -0.25) is 0 Å². The fraction of sp³-hybridized carbons (Fsp3) is 0.571. The number of benzene rings is 1. The summed E-state index contributed by atoms with van der Waals surface area (Å²) in [5.41, 5.74) is 1.00. The first kappa shape index (κ1) is 12.5. The predicted molar refractivity (Wildman–Crippen MR) is 65.3 cm³/mol. The van der Waals surface area contributed by atoms with Crippen LogP contribution in [-0.2, 0) is 6.42 Å². The zero-order valence-corrected chi connectivity index (χ0v) is 9.96. The summed E-state index contributed by atoms with van der Waals surface area (Å²) >= 11 is 0. The molecule has 1 aromatic carbocycles. The zero-order valence-electron chi connectivity index (χ0n) is 9.96. The Hall–Kier alpha value is -0.960. The van der Waals surface area contributed by atoms with E-state index in [-0.39, 0.29) is 6.42 Å². The summed E-state index contributed by atoms with van der Waals surface area (Å²) in [5, 5.41) is 3.13. The molecule has 1 nitrogen and oxygen atoms in total. The van der Waals surface area contributed by atoms with Gasteiger partial charge in [-0.15, -0.1) is 0 Å². The Bertz CT molecular complexity index is 331. The summed E-state index contributed by atoms with van der Waals surface area (Å²) in [7, 11) is 0. The van der Waals surface area contributed by atoms with Crippen molar-refractivity contribution in [3.8, 4) is 0 Å². The first-order valence-electron chi connectivity index (χ1n) is 6.31. The standard InChI is InChI=1S/C14H19F2N/c15-14(16,13-7-10-17-11-8-13)9-6-12-4-2-1-3-5-12/h1-5,13,17H,6-11H2. The van der Waals surface area contributed by atoms with Gasteiger partial charge in [0.2, 0.25) is 0 Å². The van der Waals surface area contributed by atoms with Crippen molar-refractivity contribution >= 4 is 0 Å². The summed E-state index contributed by atoms with van der Waals surface area (Å²) in [6.07, 6.45) is 1.64. The van der Waals surface area contributed by atoms with Crippen LogP contribution < -0.4 is 5.32 Å². The molecule has 1 aliphatic rings. The molecule has 94 valence electrons. The summed E-state index contributed by atoms with van der Waals surface area (Å²) in [6.45, 7) is 1.46. The number of rotatable bonds is 4. The van der Waals surface area contributed by atoms with E-state index in [0.29, 0.717) is 19.3 Å². The lowest BCUT2D eigenvalue weighted by Crippen LogP contribution is -2.38. The molecule has 0 spiro atoms. The van der Waals surface area contributed by atoms with Crippen molar-refractivity contribution in [2.24, 2.45) is 5.92 Å². The average molecular weight is 239 g/mol. The smallest absolute Gasteiger partial charge is 0.251 e. The molecular weight excluding hydrogens is 220 g/mol. The topological polar surface area (TPSA) is 12.0 Å². The van der Waals surface area contributed by atoms with E-state index in [4.69, 9.17) is 0 Å². The Morgan fingerprint density at radius 3 is 2.41 bits per heavy atom. The van der Waals surface area contributed by atoms with Gasteiger partial charge in [-0.1, -0.05) is 30.3 Å². The SMILES string of the molecule is FC(F)(CCc1ccccc1)C1CCNCC1. The third kappa shape index (κ3) is 3.50. The normalized spacial score (nSPS) is 18.2.